The molecule has 6 heteroatoms. The molecule has 1 aliphatic rings. The molecule has 2 aromatic rings. The average Bonchev–Trinajstić information content (AvgIpc) is 2.89. The van der Waals surface area contributed by atoms with E-state index in [1.165, 1.54) is 17.8 Å². The Bertz CT molecular complexity index is 870. The second kappa shape index (κ2) is 6.72. The number of carboxylic acids is 1. The number of hydrogen-bond acceptors (Lipinski definition) is 4. The van der Waals surface area contributed by atoms with Gasteiger partial charge in [0.2, 0.25) is 0 Å². The monoisotopic (exact) mass is 338 g/mol. The molecule has 1 fully saturated rings. The van der Waals surface area contributed by atoms with Crippen LogP contribution in [-0.2, 0) is 4.79 Å². The number of nitrogens with zero attached hydrogens (tertiary/aromatic N) is 1. The molecule has 0 atom stereocenters. The van der Waals surface area contributed by atoms with Crippen molar-refractivity contribution >= 4 is 40.6 Å². The van der Waals surface area contributed by atoms with Crippen molar-refractivity contribution in [1.29, 1.82) is 0 Å². The van der Waals surface area contributed by atoms with E-state index in [1.54, 1.807) is 24.3 Å². The van der Waals surface area contributed by atoms with Gasteiger partial charge in [-0.25, -0.2) is 9.79 Å². The molecular weight excluding hydrogens is 324 g/mol. The standard InChI is InChI=1S/C18H14N2O3S/c1-11-6-8-12(9-7-11)10-15-16(21)20-18(24-15)19-14-5-3-2-4-13(14)17(22)23/h2-10H,1H3,(H,22,23)(H,19,20,21). The Morgan fingerprint density at radius 2 is 1.88 bits per heavy atom. The van der Waals surface area contributed by atoms with E-state index in [0.717, 1.165) is 11.1 Å². The molecule has 24 heavy (non-hydrogen) atoms. The number of para-hydroxylation sites is 1. The number of amides is 1. The summed E-state index contributed by atoms with van der Waals surface area (Å²) in [6.45, 7) is 2.00. The normalized spacial score (nSPS) is 17.3. The van der Waals surface area contributed by atoms with Crippen molar-refractivity contribution in [1.82, 2.24) is 5.32 Å². The lowest BCUT2D eigenvalue weighted by atomic mass is 10.1. The molecule has 1 saturated heterocycles. The molecule has 0 bridgehead atoms. The summed E-state index contributed by atoms with van der Waals surface area (Å²) in [5, 5.41) is 12.2. The summed E-state index contributed by atoms with van der Waals surface area (Å²) in [6, 6.07) is 14.2. The topological polar surface area (TPSA) is 78.8 Å². The molecule has 2 aromatic carbocycles. The lowest BCUT2D eigenvalue weighted by molar-refractivity contribution is -0.115. The van der Waals surface area contributed by atoms with Crippen molar-refractivity contribution in [2.24, 2.45) is 4.99 Å². The molecule has 0 aliphatic carbocycles. The van der Waals surface area contributed by atoms with Gasteiger partial charge in [0.05, 0.1) is 16.2 Å². The molecule has 0 saturated carbocycles. The van der Waals surface area contributed by atoms with E-state index >= 15 is 0 Å². The second-order valence-corrected chi connectivity index (χ2v) is 6.25. The van der Waals surface area contributed by atoms with E-state index in [4.69, 9.17) is 0 Å². The molecule has 120 valence electrons. The smallest absolute Gasteiger partial charge is 0.337 e. The van der Waals surface area contributed by atoms with Crippen LogP contribution in [0.1, 0.15) is 21.5 Å². The molecule has 1 aliphatic heterocycles. The number of aryl methyl sites for hydroxylation is 1. The molecule has 0 aromatic heterocycles. The molecule has 0 radical (unpaired) electrons. The van der Waals surface area contributed by atoms with Crippen LogP contribution in [0.25, 0.3) is 6.08 Å². The summed E-state index contributed by atoms with van der Waals surface area (Å²) >= 11 is 1.19. The van der Waals surface area contributed by atoms with Gasteiger partial charge < -0.3 is 10.4 Å². The Morgan fingerprint density at radius 1 is 1.17 bits per heavy atom. The number of hydrogen-bond donors (Lipinski definition) is 2. The van der Waals surface area contributed by atoms with E-state index < -0.39 is 5.97 Å². The van der Waals surface area contributed by atoms with E-state index in [1.807, 2.05) is 31.2 Å². The number of carbonyl (C=O) groups is 2. The zero-order valence-electron chi connectivity index (χ0n) is 12.8. The molecular formula is C18H14N2O3S. The van der Waals surface area contributed by atoms with Crippen LogP contribution in [0, 0.1) is 6.92 Å². The first-order valence-corrected chi connectivity index (χ1v) is 8.03. The number of benzene rings is 2. The largest absolute Gasteiger partial charge is 0.478 e. The second-order valence-electron chi connectivity index (χ2n) is 5.21. The summed E-state index contributed by atoms with van der Waals surface area (Å²) in [5.74, 6) is -1.30. The van der Waals surface area contributed by atoms with Crippen molar-refractivity contribution in [2.45, 2.75) is 6.92 Å². The van der Waals surface area contributed by atoms with Gasteiger partial charge in [0, 0.05) is 0 Å². The number of carboxylic acid groups (broad SMARTS) is 1. The molecule has 1 heterocycles. The first-order valence-electron chi connectivity index (χ1n) is 7.21. The lowest BCUT2D eigenvalue weighted by Gasteiger charge is -2.00. The highest BCUT2D eigenvalue weighted by molar-refractivity contribution is 8.18. The third kappa shape index (κ3) is 3.55. The van der Waals surface area contributed by atoms with Gasteiger partial charge in [-0.3, -0.25) is 4.79 Å². The van der Waals surface area contributed by atoms with E-state index in [2.05, 4.69) is 10.3 Å². The molecule has 0 spiro atoms. The number of carbonyl (C=O) groups excluding carboxylic acids is 1. The van der Waals surface area contributed by atoms with Crippen molar-refractivity contribution in [3.8, 4) is 0 Å². The van der Waals surface area contributed by atoms with Gasteiger partial charge in [0.15, 0.2) is 5.17 Å². The Hall–Kier alpha value is -2.86. The van der Waals surface area contributed by atoms with Gasteiger partial charge in [-0.2, -0.15) is 0 Å². The SMILES string of the molecule is Cc1ccc(C=C2SC(=Nc3ccccc3C(=O)O)NC2=O)cc1. The summed E-state index contributed by atoms with van der Waals surface area (Å²) in [5.41, 5.74) is 2.47. The third-order valence-corrected chi connectivity index (χ3v) is 4.29. The quantitative estimate of drug-likeness (QED) is 0.838. The van der Waals surface area contributed by atoms with Gasteiger partial charge >= 0.3 is 5.97 Å². The summed E-state index contributed by atoms with van der Waals surface area (Å²) in [4.78, 5) is 28.1. The summed E-state index contributed by atoms with van der Waals surface area (Å²) < 4.78 is 0. The molecule has 3 rings (SSSR count). The highest BCUT2D eigenvalue weighted by Gasteiger charge is 2.24. The summed E-state index contributed by atoms with van der Waals surface area (Å²) in [7, 11) is 0. The molecule has 2 N–H and O–H groups in total. The van der Waals surface area contributed by atoms with E-state index in [0.29, 0.717) is 15.8 Å². The van der Waals surface area contributed by atoms with Crippen LogP contribution >= 0.6 is 11.8 Å². The average molecular weight is 338 g/mol. The molecule has 5 nitrogen and oxygen atoms in total. The van der Waals surface area contributed by atoms with Crippen molar-refractivity contribution in [2.75, 3.05) is 0 Å². The highest BCUT2D eigenvalue weighted by atomic mass is 32.2. The van der Waals surface area contributed by atoms with Crippen LogP contribution < -0.4 is 5.32 Å². The highest BCUT2D eigenvalue weighted by Crippen LogP contribution is 2.29. The minimum atomic E-state index is -1.06. The fourth-order valence-corrected chi connectivity index (χ4v) is 2.99. The number of thioether (sulfide) groups is 1. The molecule has 0 unspecified atom stereocenters. The van der Waals surface area contributed by atoms with Gasteiger partial charge in [0.1, 0.15) is 0 Å². The third-order valence-electron chi connectivity index (χ3n) is 3.38. The van der Waals surface area contributed by atoms with Gasteiger partial charge in [0.25, 0.3) is 5.91 Å². The number of aromatic carboxylic acids is 1. The maximum atomic E-state index is 12.1. The van der Waals surface area contributed by atoms with Crippen LogP contribution in [0.2, 0.25) is 0 Å². The number of amidine groups is 1. The van der Waals surface area contributed by atoms with Crippen LogP contribution in [0.4, 0.5) is 5.69 Å². The Balaban J connectivity index is 1.87. The predicted octanol–water partition coefficient (Wildman–Crippen LogP) is 3.58. The predicted molar refractivity (Wildman–Crippen MR) is 95.4 cm³/mol. The maximum absolute atomic E-state index is 12.1. The summed E-state index contributed by atoms with van der Waals surface area (Å²) in [6.07, 6.45) is 1.78. The lowest BCUT2D eigenvalue weighted by Crippen LogP contribution is -2.19. The Morgan fingerprint density at radius 3 is 2.58 bits per heavy atom. The Kier molecular flexibility index (Phi) is 4.48. The van der Waals surface area contributed by atoms with Crippen LogP contribution in [0.5, 0.6) is 0 Å². The number of nitrogens with one attached hydrogen (secondary N) is 1. The first kappa shape index (κ1) is 16.0. The van der Waals surface area contributed by atoms with Crippen molar-refractivity contribution in [3.05, 3.63) is 70.1 Å². The van der Waals surface area contributed by atoms with Crippen LogP contribution in [0.3, 0.4) is 0 Å². The van der Waals surface area contributed by atoms with Crippen molar-refractivity contribution in [3.63, 3.8) is 0 Å². The zero-order chi connectivity index (χ0) is 17.1. The van der Waals surface area contributed by atoms with E-state index in [9.17, 15) is 14.7 Å². The van der Waals surface area contributed by atoms with Gasteiger partial charge in [-0.05, 0) is 42.5 Å². The van der Waals surface area contributed by atoms with Crippen molar-refractivity contribution < 1.29 is 14.7 Å². The Labute approximate surface area is 143 Å². The minimum absolute atomic E-state index is 0.0933. The van der Waals surface area contributed by atoms with Crippen LogP contribution in [0.15, 0.2) is 58.4 Å². The fraction of sp³-hybridized carbons (Fsp3) is 0.0556. The number of aliphatic imine (C=N–C) groups is 1. The van der Waals surface area contributed by atoms with E-state index in [-0.39, 0.29) is 11.5 Å². The van der Waals surface area contributed by atoms with Crippen LogP contribution in [-0.4, -0.2) is 22.2 Å². The maximum Gasteiger partial charge on any atom is 0.337 e. The number of rotatable bonds is 3. The molecule has 1 amide bonds. The fourth-order valence-electron chi connectivity index (χ4n) is 2.16. The zero-order valence-corrected chi connectivity index (χ0v) is 13.6. The van der Waals surface area contributed by atoms with Gasteiger partial charge in [-0.1, -0.05) is 42.0 Å². The first-order chi connectivity index (χ1) is 11.5. The van der Waals surface area contributed by atoms with Gasteiger partial charge in [-0.15, -0.1) is 0 Å². The minimum Gasteiger partial charge on any atom is -0.478 e.